The lowest BCUT2D eigenvalue weighted by atomic mass is 9.79. The molecule has 0 aliphatic heterocycles. The van der Waals surface area contributed by atoms with Crippen molar-refractivity contribution in [3.05, 3.63) is 35.9 Å². The molecule has 1 amide bonds. The average molecular weight is 373 g/mol. The van der Waals surface area contributed by atoms with Gasteiger partial charge in [-0.15, -0.1) is 0 Å². The molecule has 0 aromatic heterocycles. The SMILES string of the molecule is CCCCC(=O)OCOC(=O)N(CC)C1C2CCC(C2)C1c1ccccc1. The zero-order valence-electron chi connectivity index (χ0n) is 16.4. The summed E-state index contributed by atoms with van der Waals surface area (Å²) in [5, 5.41) is 0. The first kappa shape index (κ1) is 19.7. The molecule has 2 aliphatic carbocycles. The molecule has 1 aromatic carbocycles. The second-order valence-corrected chi connectivity index (χ2v) is 7.69. The van der Waals surface area contributed by atoms with Crippen LogP contribution in [0.4, 0.5) is 4.79 Å². The van der Waals surface area contributed by atoms with Gasteiger partial charge >= 0.3 is 12.1 Å². The van der Waals surface area contributed by atoms with Crippen LogP contribution in [0.3, 0.4) is 0 Å². The van der Waals surface area contributed by atoms with Crippen molar-refractivity contribution in [3.8, 4) is 0 Å². The van der Waals surface area contributed by atoms with Crippen LogP contribution < -0.4 is 0 Å². The molecule has 0 N–H and O–H groups in total. The number of carbonyl (C=O) groups excluding carboxylic acids is 2. The molecule has 2 aliphatic rings. The van der Waals surface area contributed by atoms with E-state index in [9.17, 15) is 9.59 Å². The number of esters is 1. The van der Waals surface area contributed by atoms with E-state index in [1.54, 1.807) is 0 Å². The normalized spacial score (nSPS) is 26.0. The fourth-order valence-electron chi connectivity index (χ4n) is 4.94. The molecule has 1 aromatic rings. The van der Waals surface area contributed by atoms with Crippen molar-refractivity contribution in [2.45, 2.75) is 64.3 Å². The number of hydrogen-bond acceptors (Lipinski definition) is 4. The Morgan fingerprint density at radius 2 is 1.81 bits per heavy atom. The van der Waals surface area contributed by atoms with Gasteiger partial charge in [0.25, 0.3) is 0 Å². The third-order valence-electron chi connectivity index (χ3n) is 6.13. The van der Waals surface area contributed by atoms with Crippen LogP contribution in [0.15, 0.2) is 30.3 Å². The summed E-state index contributed by atoms with van der Waals surface area (Å²) in [6.45, 7) is 4.31. The monoisotopic (exact) mass is 373 g/mol. The highest BCUT2D eigenvalue weighted by Gasteiger charge is 2.51. The van der Waals surface area contributed by atoms with Gasteiger partial charge < -0.3 is 14.4 Å². The zero-order valence-corrected chi connectivity index (χ0v) is 16.4. The molecule has 4 unspecified atom stereocenters. The molecule has 0 heterocycles. The van der Waals surface area contributed by atoms with Gasteiger partial charge in [-0.3, -0.25) is 4.79 Å². The Kier molecular flexibility index (Phi) is 6.75. The molecular formula is C22H31NO4. The maximum atomic E-state index is 12.7. The molecule has 4 atom stereocenters. The Balaban J connectivity index is 1.63. The summed E-state index contributed by atoms with van der Waals surface area (Å²) in [5.74, 6) is 1.22. The molecule has 5 heteroatoms. The van der Waals surface area contributed by atoms with E-state index < -0.39 is 0 Å². The maximum absolute atomic E-state index is 12.7. The van der Waals surface area contributed by atoms with Gasteiger partial charge in [-0.05, 0) is 50.0 Å². The highest BCUT2D eigenvalue weighted by atomic mass is 16.7. The Labute approximate surface area is 162 Å². The van der Waals surface area contributed by atoms with Crippen molar-refractivity contribution < 1.29 is 19.1 Å². The number of hydrogen-bond donors (Lipinski definition) is 0. The van der Waals surface area contributed by atoms with Crippen LogP contribution in [0.1, 0.15) is 63.9 Å². The van der Waals surface area contributed by atoms with Gasteiger partial charge in [0.15, 0.2) is 0 Å². The number of fused-ring (bicyclic) bond motifs is 2. The number of ether oxygens (including phenoxy) is 2. The smallest absolute Gasteiger partial charge is 0.412 e. The lowest BCUT2D eigenvalue weighted by Gasteiger charge is -2.39. The van der Waals surface area contributed by atoms with Gasteiger partial charge in [0, 0.05) is 24.9 Å². The van der Waals surface area contributed by atoms with E-state index in [0.717, 1.165) is 12.8 Å². The minimum atomic E-state index is -0.376. The minimum absolute atomic E-state index is 0.166. The summed E-state index contributed by atoms with van der Waals surface area (Å²) in [6, 6.07) is 10.7. The molecule has 5 nitrogen and oxygen atoms in total. The van der Waals surface area contributed by atoms with Crippen molar-refractivity contribution in [2.75, 3.05) is 13.3 Å². The maximum Gasteiger partial charge on any atom is 0.412 e. The molecule has 0 spiro atoms. The van der Waals surface area contributed by atoms with E-state index in [1.165, 1.54) is 24.8 Å². The third kappa shape index (κ3) is 4.45. The molecule has 0 radical (unpaired) electrons. The van der Waals surface area contributed by atoms with E-state index in [2.05, 4.69) is 24.3 Å². The first-order valence-corrected chi connectivity index (χ1v) is 10.3. The third-order valence-corrected chi connectivity index (χ3v) is 6.13. The van der Waals surface area contributed by atoms with Gasteiger partial charge in [-0.2, -0.15) is 0 Å². The van der Waals surface area contributed by atoms with Crippen LogP contribution in [0, 0.1) is 11.8 Å². The topological polar surface area (TPSA) is 55.8 Å². The molecule has 2 fully saturated rings. The number of amides is 1. The highest BCUT2D eigenvalue weighted by molar-refractivity contribution is 5.70. The lowest BCUT2D eigenvalue weighted by molar-refractivity contribution is -0.152. The second kappa shape index (κ2) is 9.25. The van der Waals surface area contributed by atoms with Crippen LogP contribution in [-0.2, 0) is 14.3 Å². The van der Waals surface area contributed by atoms with Crippen LogP contribution in [0.25, 0.3) is 0 Å². The number of nitrogens with zero attached hydrogens (tertiary/aromatic N) is 1. The number of benzene rings is 1. The summed E-state index contributed by atoms with van der Waals surface area (Å²) in [5.41, 5.74) is 1.31. The van der Waals surface area contributed by atoms with Gasteiger partial charge in [0.2, 0.25) is 6.79 Å². The summed E-state index contributed by atoms with van der Waals surface area (Å²) >= 11 is 0. The second-order valence-electron chi connectivity index (χ2n) is 7.69. The van der Waals surface area contributed by atoms with E-state index in [4.69, 9.17) is 9.47 Å². The van der Waals surface area contributed by atoms with Crippen molar-refractivity contribution in [3.63, 3.8) is 0 Å². The van der Waals surface area contributed by atoms with Crippen LogP contribution >= 0.6 is 0 Å². The van der Waals surface area contributed by atoms with E-state index >= 15 is 0 Å². The zero-order chi connectivity index (χ0) is 19.2. The Morgan fingerprint density at radius 3 is 2.52 bits per heavy atom. The van der Waals surface area contributed by atoms with Crippen LogP contribution in [-0.4, -0.2) is 36.3 Å². The van der Waals surface area contributed by atoms with E-state index in [-0.39, 0.29) is 24.9 Å². The van der Waals surface area contributed by atoms with Crippen LogP contribution in [0.2, 0.25) is 0 Å². The van der Waals surface area contributed by atoms with Crippen molar-refractivity contribution >= 4 is 12.1 Å². The number of unbranched alkanes of at least 4 members (excludes halogenated alkanes) is 1. The number of carbonyl (C=O) groups is 2. The van der Waals surface area contributed by atoms with Crippen LogP contribution in [0.5, 0.6) is 0 Å². The van der Waals surface area contributed by atoms with Crippen molar-refractivity contribution in [1.82, 2.24) is 4.90 Å². The molecule has 2 saturated carbocycles. The molecule has 2 bridgehead atoms. The Morgan fingerprint density at radius 1 is 1.07 bits per heavy atom. The quantitative estimate of drug-likeness (QED) is 0.489. The summed E-state index contributed by atoms with van der Waals surface area (Å²) in [4.78, 5) is 26.2. The Hall–Kier alpha value is -2.04. The molecular weight excluding hydrogens is 342 g/mol. The molecule has 148 valence electrons. The first-order valence-electron chi connectivity index (χ1n) is 10.3. The van der Waals surface area contributed by atoms with Gasteiger partial charge in [-0.25, -0.2) is 4.79 Å². The average Bonchev–Trinajstić information content (AvgIpc) is 3.29. The largest absolute Gasteiger partial charge is 0.428 e. The fourth-order valence-corrected chi connectivity index (χ4v) is 4.94. The van der Waals surface area contributed by atoms with Gasteiger partial charge in [0.1, 0.15) is 0 Å². The summed E-state index contributed by atoms with van der Waals surface area (Å²) < 4.78 is 10.3. The highest BCUT2D eigenvalue weighted by Crippen LogP contribution is 2.54. The van der Waals surface area contributed by atoms with Gasteiger partial charge in [0.05, 0.1) is 0 Å². The van der Waals surface area contributed by atoms with E-state index in [1.807, 2.05) is 24.8 Å². The molecule has 3 rings (SSSR count). The predicted octanol–water partition coefficient (Wildman–Crippen LogP) is 4.72. The molecule has 0 saturated heterocycles. The number of rotatable bonds is 8. The van der Waals surface area contributed by atoms with Crippen molar-refractivity contribution in [1.29, 1.82) is 0 Å². The fraction of sp³-hybridized carbons (Fsp3) is 0.636. The predicted molar refractivity (Wildman–Crippen MR) is 103 cm³/mol. The molecule has 27 heavy (non-hydrogen) atoms. The van der Waals surface area contributed by atoms with Gasteiger partial charge in [-0.1, -0.05) is 43.7 Å². The Bertz CT molecular complexity index is 632. The van der Waals surface area contributed by atoms with E-state index in [0.29, 0.717) is 30.7 Å². The summed E-state index contributed by atoms with van der Waals surface area (Å²) in [7, 11) is 0. The minimum Gasteiger partial charge on any atom is -0.428 e. The van der Waals surface area contributed by atoms with Crippen molar-refractivity contribution in [2.24, 2.45) is 11.8 Å². The standard InChI is InChI=1S/C22H31NO4/c1-3-5-11-19(24)26-15-27-22(25)23(4-2)21-18-13-12-17(14-18)20(21)16-9-7-6-8-10-16/h6-10,17-18,20-21H,3-5,11-15H2,1-2H3. The number of likely N-dealkylation sites (N-methyl/N-ethyl adjacent to an activating group) is 1. The first-order chi connectivity index (χ1) is 13.2. The summed E-state index contributed by atoms with van der Waals surface area (Å²) in [6.07, 6.45) is 5.31. The lowest BCUT2D eigenvalue weighted by Crippen LogP contribution is -2.47.